The van der Waals surface area contributed by atoms with Crippen LogP contribution in [0.4, 0.5) is 0 Å². The van der Waals surface area contributed by atoms with E-state index in [2.05, 4.69) is 65.9 Å². The zero-order valence-corrected chi connectivity index (χ0v) is 30.8. The fourth-order valence-electron chi connectivity index (χ4n) is 7.86. The molecular formula is C39H56O7Si. The molecule has 1 aliphatic heterocycles. The van der Waals surface area contributed by atoms with E-state index in [1.165, 1.54) is 12.5 Å². The molecule has 0 unspecified atom stereocenters. The third-order valence-corrected chi connectivity index (χ3v) is 16.2. The third-order valence-electron chi connectivity index (χ3n) is 11.6. The first-order chi connectivity index (χ1) is 22.0. The molecule has 1 aromatic carbocycles. The molecule has 1 aromatic rings. The lowest BCUT2D eigenvalue weighted by molar-refractivity contribution is -0.172. The summed E-state index contributed by atoms with van der Waals surface area (Å²) in [6, 6.07) is 7.47. The van der Waals surface area contributed by atoms with Crippen LogP contribution in [-0.2, 0) is 34.7 Å². The number of ether oxygens (including phenoxy) is 3. The van der Waals surface area contributed by atoms with E-state index in [0.29, 0.717) is 30.4 Å². The maximum atomic E-state index is 14.1. The molecule has 1 heterocycles. The molecule has 258 valence electrons. The molecule has 5 rings (SSSR count). The van der Waals surface area contributed by atoms with Gasteiger partial charge in [0, 0.05) is 19.3 Å². The van der Waals surface area contributed by atoms with Crippen LogP contribution < -0.4 is 4.74 Å². The van der Waals surface area contributed by atoms with Crippen molar-refractivity contribution in [1.82, 2.24) is 0 Å². The highest BCUT2D eigenvalue weighted by atomic mass is 28.4. The van der Waals surface area contributed by atoms with Gasteiger partial charge in [0.25, 0.3) is 0 Å². The Morgan fingerprint density at radius 1 is 1.04 bits per heavy atom. The zero-order valence-electron chi connectivity index (χ0n) is 29.8. The smallest absolute Gasteiger partial charge is 0.312 e. The second-order valence-electron chi connectivity index (χ2n) is 16.4. The normalized spacial score (nSPS) is 30.3. The van der Waals surface area contributed by atoms with Gasteiger partial charge < -0.3 is 18.6 Å². The number of carbonyl (C=O) groups is 3. The van der Waals surface area contributed by atoms with Crippen LogP contribution in [0.25, 0.3) is 0 Å². The number of carbonyl (C=O) groups excluding carboxylic acids is 3. The van der Waals surface area contributed by atoms with E-state index in [4.69, 9.17) is 18.6 Å². The molecule has 0 radical (unpaired) electrons. The van der Waals surface area contributed by atoms with Gasteiger partial charge in [-0.15, -0.1) is 0 Å². The molecule has 1 saturated heterocycles. The van der Waals surface area contributed by atoms with Crippen molar-refractivity contribution in [2.45, 2.75) is 136 Å². The Morgan fingerprint density at radius 3 is 2.36 bits per heavy atom. The summed E-state index contributed by atoms with van der Waals surface area (Å²) < 4.78 is 24.3. The number of allylic oxidation sites excluding steroid dienone is 3. The molecule has 0 spiro atoms. The van der Waals surface area contributed by atoms with E-state index >= 15 is 0 Å². The minimum absolute atomic E-state index is 0.0783. The number of hydrogen-bond acceptors (Lipinski definition) is 7. The summed E-state index contributed by atoms with van der Waals surface area (Å²) in [6.45, 7) is 17.0. The predicted molar refractivity (Wildman–Crippen MR) is 185 cm³/mol. The number of hydrogen-bond donors (Lipinski definition) is 0. The maximum absolute atomic E-state index is 14.1. The van der Waals surface area contributed by atoms with Gasteiger partial charge in [-0.2, -0.15) is 0 Å². The van der Waals surface area contributed by atoms with E-state index in [0.717, 1.165) is 50.5 Å². The summed E-state index contributed by atoms with van der Waals surface area (Å²) in [5.41, 5.74) is 1.79. The molecule has 47 heavy (non-hydrogen) atoms. The highest BCUT2D eigenvalue weighted by molar-refractivity contribution is 6.74. The molecule has 0 N–H and O–H groups in total. The Morgan fingerprint density at radius 2 is 1.74 bits per heavy atom. The van der Waals surface area contributed by atoms with Gasteiger partial charge in [-0.05, 0) is 97.7 Å². The molecule has 0 amide bonds. The number of fused-ring (bicyclic) bond motifs is 1. The van der Waals surface area contributed by atoms with Crippen LogP contribution in [0.2, 0.25) is 18.1 Å². The molecule has 7 nitrogen and oxygen atoms in total. The zero-order chi connectivity index (χ0) is 34.1. The van der Waals surface area contributed by atoms with Gasteiger partial charge in [0.2, 0.25) is 0 Å². The molecule has 0 aromatic heterocycles. The third kappa shape index (κ3) is 8.30. The summed E-state index contributed by atoms with van der Waals surface area (Å²) in [5, 5.41) is 0.0783. The van der Waals surface area contributed by atoms with Gasteiger partial charge in [-0.25, -0.2) is 0 Å². The summed E-state index contributed by atoms with van der Waals surface area (Å²) in [4.78, 5) is 38.1. The van der Waals surface area contributed by atoms with E-state index in [1.807, 2.05) is 12.1 Å². The Balaban J connectivity index is 1.27. The van der Waals surface area contributed by atoms with E-state index in [-0.39, 0.29) is 53.1 Å². The van der Waals surface area contributed by atoms with Crippen molar-refractivity contribution in [3.05, 3.63) is 53.6 Å². The average Bonchev–Trinajstić information content (AvgIpc) is 2.94. The summed E-state index contributed by atoms with van der Waals surface area (Å²) >= 11 is 0. The van der Waals surface area contributed by atoms with Gasteiger partial charge >= 0.3 is 17.9 Å². The van der Waals surface area contributed by atoms with E-state index < -0.39 is 13.7 Å². The van der Waals surface area contributed by atoms with Crippen LogP contribution in [0.1, 0.15) is 98.5 Å². The molecule has 1 saturated carbocycles. The first-order valence-corrected chi connectivity index (χ1v) is 20.7. The fraction of sp³-hybridized carbons (Fsp3) is 0.667. The topological polar surface area (TPSA) is 88.1 Å². The van der Waals surface area contributed by atoms with Crippen LogP contribution in [0.3, 0.4) is 0 Å². The van der Waals surface area contributed by atoms with Crippen LogP contribution in [0, 0.1) is 29.1 Å². The highest BCUT2D eigenvalue weighted by Crippen LogP contribution is 2.49. The minimum atomic E-state index is -2.01. The largest absolute Gasteiger partial charge is 0.462 e. The van der Waals surface area contributed by atoms with Crippen molar-refractivity contribution in [3.63, 3.8) is 0 Å². The van der Waals surface area contributed by atoms with Gasteiger partial charge in [0.1, 0.15) is 18.0 Å². The lowest BCUT2D eigenvalue weighted by atomic mass is 9.64. The summed E-state index contributed by atoms with van der Waals surface area (Å²) in [5.74, 6) is 0.948. The number of benzene rings is 1. The molecule has 7 atom stereocenters. The molecule has 4 aliphatic rings. The lowest BCUT2D eigenvalue weighted by Crippen LogP contribution is -2.47. The maximum Gasteiger partial charge on any atom is 0.312 e. The van der Waals surface area contributed by atoms with E-state index in [9.17, 15) is 14.4 Å². The fourth-order valence-corrected chi connectivity index (χ4v) is 9.22. The monoisotopic (exact) mass is 664 g/mol. The number of rotatable bonds is 10. The Hall–Kier alpha value is -2.71. The lowest BCUT2D eigenvalue weighted by Gasteiger charge is -2.46. The van der Waals surface area contributed by atoms with E-state index in [1.54, 1.807) is 12.1 Å². The van der Waals surface area contributed by atoms with Crippen molar-refractivity contribution in [3.8, 4) is 5.75 Å². The summed E-state index contributed by atoms with van der Waals surface area (Å²) in [7, 11) is -2.01. The quantitative estimate of drug-likeness (QED) is 0.141. The first kappa shape index (κ1) is 35.6. The molecule has 8 heteroatoms. The number of esters is 3. The molecule has 3 aliphatic carbocycles. The summed E-state index contributed by atoms with van der Waals surface area (Å²) in [6.07, 6.45) is 13.3. The van der Waals surface area contributed by atoms with Crippen molar-refractivity contribution >= 4 is 26.2 Å². The Bertz CT molecular complexity index is 1370. The highest BCUT2D eigenvalue weighted by Gasteiger charge is 2.49. The SMILES string of the molecule is CC(=O)Oc1ccc(CC2(C(=O)O[C@H]3C[C@@H](C)C=C4C=C[C@H](C)[C@H](CC[C@@H]5C[C@@H](O[Si](C)(C)C(C)(C)C)CC(=O)O5)[C@H]43)CCC2)cc1. The van der Waals surface area contributed by atoms with Crippen LogP contribution in [0.15, 0.2) is 48.1 Å². The van der Waals surface area contributed by atoms with Crippen molar-refractivity contribution in [2.24, 2.45) is 29.1 Å². The van der Waals surface area contributed by atoms with Crippen LogP contribution in [-0.4, -0.2) is 44.5 Å². The molecular weight excluding hydrogens is 609 g/mol. The van der Waals surface area contributed by atoms with Gasteiger partial charge in [-0.1, -0.05) is 71.4 Å². The molecule has 0 bridgehead atoms. The van der Waals surface area contributed by atoms with Crippen LogP contribution >= 0.6 is 0 Å². The predicted octanol–water partition coefficient (Wildman–Crippen LogP) is 8.52. The van der Waals surface area contributed by atoms with Crippen molar-refractivity contribution in [2.75, 3.05) is 0 Å². The molecule has 2 fully saturated rings. The van der Waals surface area contributed by atoms with Crippen molar-refractivity contribution in [1.29, 1.82) is 0 Å². The second-order valence-corrected chi connectivity index (χ2v) is 21.2. The van der Waals surface area contributed by atoms with Crippen LogP contribution in [0.5, 0.6) is 5.75 Å². The Labute approximate surface area is 283 Å². The minimum Gasteiger partial charge on any atom is -0.462 e. The Kier molecular flexibility index (Phi) is 10.6. The standard InChI is InChI=1S/C39H56O7Si/c1-25-20-29-13-10-26(2)33(17-16-31-22-32(23-35(41)44-31)46-47(7,8)38(4,5)6)36(29)34(21-25)45-37(42)39(18-9-19-39)24-28-11-14-30(15-12-28)43-27(3)40/h10-15,20,25-26,31-34,36H,9,16-19,21-24H2,1-8H3/t25-,26-,31+,32+,33-,34-,36-/m0/s1. The number of cyclic esters (lactones) is 1. The first-order valence-electron chi connectivity index (χ1n) is 17.8. The van der Waals surface area contributed by atoms with Gasteiger partial charge in [0.05, 0.1) is 17.9 Å². The second kappa shape index (κ2) is 14.0. The average molecular weight is 665 g/mol. The van der Waals surface area contributed by atoms with Gasteiger partial charge in [0.15, 0.2) is 8.32 Å². The van der Waals surface area contributed by atoms with Gasteiger partial charge in [-0.3, -0.25) is 14.4 Å². The van der Waals surface area contributed by atoms with Crippen molar-refractivity contribution < 1.29 is 33.0 Å².